The Labute approximate surface area is 134 Å². The molecule has 10 heteroatoms. The minimum Gasteiger partial charge on any atom is -0.483 e. The number of amides is 1. The van der Waals surface area contributed by atoms with E-state index < -0.39 is 4.92 Å². The van der Waals surface area contributed by atoms with Crippen molar-refractivity contribution in [3.8, 4) is 5.75 Å². The van der Waals surface area contributed by atoms with Gasteiger partial charge >= 0.3 is 0 Å². The second kappa shape index (κ2) is 7.18. The van der Waals surface area contributed by atoms with Crippen LogP contribution in [0.25, 0.3) is 0 Å². The van der Waals surface area contributed by atoms with Crippen LogP contribution in [0, 0.1) is 17.0 Å². The van der Waals surface area contributed by atoms with Crippen LogP contribution in [0.5, 0.6) is 5.75 Å². The first-order chi connectivity index (χ1) is 10.5. The van der Waals surface area contributed by atoms with Crippen LogP contribution in [0.3, 0.4) is 0 Å². The fourth-order valence-corrected chi connectivity index (χ4v) is 2.74. The van der Waals surface area contributed by atoms with Crippen molar-refractivity contribution in [1.82, 2.24) is 10.2 Å². The number of anilines is 1. The number of hydrogen-bond acceptors (Lipinski definition) is 8. The zero-order chi connectivity index (χ0) is 16.1. The van der Waals surface area contributed by atoms with E-state index >= 15 is 0 Å². The molecular weight excluding hydrogens is 328 g/mol. The number of non-ortho nitro benzene ring substituents is 1. The van der Waals surface area contributed by atoms with E-state index in [1.807, 2.05) is 6.26 Å². The summed E-state index contributed by atoms with van der Waals surface area (Å²) in [6.07, 6.45) is 1.87. The van der Waals surface area contributed by atoms with Crippen molar-refractivity contribution < 1.29 is 14.5 Å². The molecule has 2 rings (SSSR count). The molecule has 116 valence electrons. The van der Waals surface area contributed by atoms with Crippen molar-refractivity contribution in [3.63, 3.8) is 0 Å². The predicted molar refractivity (Wildman–Crippen MR) is 83.6 cm³/mol. The number of thioether (sulfide) groups is 1. The minimum absolute atomic E-state index is 0.0206. The van der Waals surface area contributed by atoms with Crippen LogP contribution in [0.1, 0.15) is 5.56 Å². The number of benzene rings is 1. The van der Waals surface area contributed by atoms with Gasteiger partial charge in [-0.15, -0.1) is 10.2 Å². The Hall–Kier alpha value is -2.20. The number of rotatable bonds is 6. The zero-order valence-electron chi connectivity index (χ0n) is 11.7. The average molecular weight is 340 g/mol. The van der Waals surface area contributed by atoms with Crippen molar-refractivity contribution in [2.24, 2.45) is 0 Å². The van der Waals surface area contributed by atoms with Crippen molar-refractivity contribution in [3.05, 3.63) is 33.9 Å². The number of aromatic nitrogens is 2. The molecule has 0 bridgehead atoms. The highest BCUT2D eigenvalue weighted by atomic mass is 32.2. The van der Waals surface area contributed by atoms with Crippen LogP contribution >= 0.6 is 23.1 Å². The Morgan fingerprint density at radius 2 is 2.27 bits per heavy atom. The standard InChI is InChI=1S/C12H12N4O4S2/c1-7-5-8(16(18)19)3-4-9(7)20-6-10(17)13-11-14-15-12(21-2)22-11/h3-5H,6H2,1-2H3,(H,13,14,17). The van der Waals surface area contributed by atoms with Gasteiger partial charge in [0.2, 0.25) is 5.13 Å². The topological polar surface area (TPSA) is 107 Å². The number of nitrogens with one attached hydrogen (secondary N) is 1. The van der Waals surface area contributed by atoms with E-state index in [1.54, 1.807) is 6.92 Å². The van der Waals surface area contributed by atoms with Crippen LogP contribution in [-0.4, -0.2) is 33.9 Å². The highest BCUT2D eigenvalue weighted by Crippen LogP contribution is 2.24. The summed E-state index contributed by atoms with van der Waals surface area (Å²) in [5.74, 6) is 0.0457. The first-order valence-corrected chi connectivity index (χ1v) is 8.09. The fraction of sp³-hybridized carbons (Fsp3) is 0.250. The van der Waals surface area contributed by atoms with E-state index in [2.05, 4.69) is 15.5 Å². The second-order valence-electron chi connectivity index (χ2n) is 4.12. The van der Waals surface area contributed by atoms with E-state index in [0.717, 1.165) is 4.34 Å². The largest absolute Gasteiger partial charge is 0.483 e. The molecule has 1 aromatic carbocycles. The first kappa shape index (κ1) is 16.2. The van der Waals surface area contributed by atoms with E-state index in [4.69, 9.17) is 4.74 Å². The quantitative estimate of drug-likeness (QED) is 0.372. The Morgan fingerprint density at radius 1 is 1.50 bits per heavy atom. The van der Waals surface area contributed by atoms with Gasteiger partial charge in [0.1, 0.15) is 5.75 Å². The Morgan fingerprint density at radius 3 is 2.86 bits per heavy atom. The van der Waals surface area contributed by atoms with E-state index in [-0.39, 0.29) is 18.2 Å². The lowest BCUT2D eigenvalue weighted by molar-refractivity contribution is -0.384. The maximum atomic E-state index is 11.8. The third-order valence-electron chi connectivity index (χ3n) is 2.56. The summed E-state index contributed by atoms with van der Waals surface area (Å²) in [5.41, 5.74) is 0.565. The molecule has 1 aromatic heterocycles. The lowest BCUT2D eigenvalue weighted by Gasteiger charge is -2.08. The third-order valence-corrected chi connectivity index (χ3v) is 4.37. The predicted octanol–water partition coefficient (Wildman–Crippen LogP) is 2.49. The van der Waals surface area contributed by atoms with Crippen LogP contribution in [0.2, 0.25) is 0 Å². The van der Waals surface area contributed by atoms with Crippen LogP contribution in [-0.2, 0) is 4.79 Å². The van der Waals surface area contributed by atoms with Crippen molar-refractivity contribution in [1.29, 1.82) is 0 Å². The minimum atomic E-state index is -0.484. The summed E-state index contributed by atoms with van der Waals surface area (Å²) in [6, 6.07) is 4.19. The normalized spacial score (nSPS) is 10.3. The van der Waals surface area contributed by atoms with Gasteiger partial charge < -0.3 is 4.74 Å². The molecule has 0 unspecified atom stereocenters. The average Bonchev–Trinajstić information content (AvgIpc) is 2.93. The molecular formula is C12H12N4O4S2. The maximum absolute atomic E-state index is 11.8. The number of nitro benzene ring substituents is 1. The lowest BCUT2D eigenvalue weighted by atomic mass is 10.2. The Balaban J connectivity index is 1.92. The highest BCUT2D eigenvalue weighted by molar-refractivity contribution is 8.00. The molecule has 1 amide bonds. The molecule has 22 heavy (non-hydrogen) atoms. The second-order valence-corrected chi connectivity index (χ2v) is 6.15. The molecule has 0 atom stereocenters. The summed E-state index contributed by atoms with van der Waals surface area (Å²) >= 11 is 2.71. The van der Waals surface area contributed by atoms with Crippen LogP contribution in [0.15, 0.2) is 22.5 Å². The number of carbonyl (C=O) groups excluding carboxylic acids is 1. The van der Waals surface area contributed by atoms with Gasteiger partial charge in [-0.05, 0) is 24.8 Å². The molecule has 0 aliphatic carbocycles. The van der Waals surface area contributed by atoms with Crippen molar-refractivity contribution in [2.75, 3.05) is 18.2 Å². The first-order valence-electron chi connectivity index (χ1n) is 6.05. The summed E-state index contributed by atoms with van der Waals surface area (Å²) in [7, 11) is 0. The molecule has 0 saturated heterocycles. The number of aryl methyl sites for hydroxylation is 1. The van der Waals surface area contributed by atoms with Crippen molar-refractivity contribution in [2.45, 2.75) is 11.3 Å². The maximum Gasteiger partial charge on any atom is 0.269 e. The van der Waals surface area contributed by atoms with Crippen LogP contribution in [0.4, 0.5) is 10.8 Å². The van der Waals surface area contributed by atoms with Crippen molar-refractivity contribution >= 4 is 39.8 Å². The fourth-order valence-electron chi connectivity index (χ4n) is 1.55. The number of carbonyl (C=O) groups is 1. The summed E-state index contributed by atoms with van der Waals surface area (Å²) in [4.78, 5) is 21.9. The molecule has 1 heterocycles. The van der Waals surface area contributed by atoms with Gasteiger partial charge in [0.05, 0.1) is 4.92 Å². The summed E-state index contributed by atoms with van der Waals surface area (Å²) in [5, 5.41) is 21.3. The molecule has 0 aliphatic rings. The molecule has 1 N–H and O–H groups in total. The number of nitro groups is 1. The van der Waals surface area contributed by atoms with Gasteiger partial charge in [0, 0.05) is 12.1 Å². The SMILES string of the molecule is CSc1nnc(NC(=O)COc2ccc([N+](=O)[O-])cc2C)s1. The van der Waals surface area contributed by atoms with Crippen LogP contribution < -0.4 is 10.1 Å². The molecule has 0 radical (unpaired) electrons. The molecule has 2 aromatic rings. The number of hydrogen-bond donors (Lipinski definition) is 1. The summed E-state index contributed by atoms with van der Waals surface area (Å²) < 4.78 is 6.11. The molecule has 0 aliphatic heterocycles. The van der Waals surface area contributed by atoms with E-state index in [9.17, 15) is 14.9 Å². The molecule has 0 fully saturated rings. The number of nitrogens with zero attached hydrogens (tertiary/aromatic N) is 3. The Kier molecular flexibility index (Phi) is 5.28. The van der Waals surface area contributed by atoms with Gasteiger partial charge in [-0.3, -0.25) is 20.2 Å². The van der Waals surface area contributed by atoms with Gasteiger partial charge in [-0.1, -0.05) is 23.1 Å². The van der Waals surface area contributed by atoms with Gasteiger partial charge in [0.25, 0.3) is 11.6 Å². The van der Waals surface area contributed by atoms with E-state index in [0.29, 0.717) is 16.4 Å². The summed E-state index contributed by atoms with van der Waals surface area (Å²) in [6.45, 7) is 1.46. The van der Waals surface area contributed by atoms with Gasteiger partial charge in [0.15, 0.2) is 10.9 Å². The lowest BCUT2D eigenvalue weighted by Crippen LogP contribution is -2.20. The van der Waals surface area contributed by atoms with Gasteiger partial charge in [-0.2, -0.15) is 0 Å². The van der Waals surface area contributed by atoms with E-state index in [1.165, 1.54) is 41.3 Å². The molecule has 0 saturated carbocycles. The smallest absolute Gasteiger partial charge is 0.269 e. The monoisotopic (exact) mass is 340 g/mol. The molecule has 0 spiro atoms. The number of ether oxygens (including phenoxy) is 1. The Bertz CT molecular complexity index is 704. The third kappa shape index (κ3) is 4.15. The highest BCUT2D eigenvalue weighted by Gasteiger charge is 2.11. The zero-order valence-corrected chi connectivity index (χ0v) is 13.4. The van der Waals surface area contributed by atoms with Gasteiger partial charge in [-0.25, -0.2) is 0 Å². The molecule has 8 nitrogen and oxygen atoms in total.